The molecule has 0 fully saturated rings. The molecule has 1 atom stereocenters. The molecule has 7 N–H and O–H groups in total. The van der Waals surface area contributed by atoms with Crippen molar-refractivity contribution in [3.05, 3.63) is 36.0 Å². The van der Waals surface area contributed by atoms with Crippen molar-refractivity contribution < 1.29 is 14.4 Å². The van der Waals surface area contributed by atoms with Crippen LogP contribution >= 0.6 is 0 Å². The fourth-order valence-corrected chi connectivity index (χ4v) is 2.28. The molecule has 2 aromatic rings. The molecular weight excluding hydrogens is 298 g/mol. The smallest absolute Gasteiger partial charge is 0.243 e. The summed E-state index contributed by atoms with van der Waals surface area (Å²) in [5.41, 5.74) is 12.1. The summed E-state index contributed by atoms with van der Waals surface area (Å²) in [7, 11) is 0. The number of para-hydroxylation sites is 1. The highest BCUT2D eigenvalue weighted by Crippen LogP contribution is 2.19. The molecule has 0 radical (unpaired) electrons. The van der Waals surface area contributed by atoms with Gasteiger partial charge in [0.2, 0.25) is 17.7 Å². The van der Waals surface area contributed by atoms with Crippen molar-refractivity contribution in [3.63, 3.8) is 0 Å². The van der Waals surface area contributed by atoms with E-state index in [-0.39, 0.29) is 19.5 Å². The largest absolute Gasteiger partial charge is 0.368 e. The Labute approximate surface area is 132 Å². The lowest BCUT2D eigenvalue weighted by atomic mass is 10.0. The Morgan fingerprint density at radius 1 is 1.22 bits per heavy atom. The van der Waals surface area contributed by atoms with E-state index >= 15 is 0 Å². The lowest BCUT2D eigenvalue weighted by molar-refractivity contribution is -0.129. The average Bonchev–Trinajstić information content (AvgIpc) is 2.95. The first-order valence-electron chi connectivity index (χ1n) is 7.11. The summed E-state index contributed by atoms with van der Waals surface area (Å²) in [5.74, 6) is -1.60. The third-order valence-corrected chi connectivity index (χ3v) is 3.37. The molecule has 0 aliphatic heterocycles. The number of H-pyrrole nitrogens is 1. The van der Waals surface area contributed by atoms with E-state index in [0.29, 0.717) is 0 Å². The van der Waals surface area contributed by atoms with Gasteiger partial charge in [-0.1, -0.05) is 18.2 Å². The van der Waals surface area contributed by atoms with Crippen molar-refractivity contribution in [2.45, 2.75) is 12.5 Å². The molecule has 1 aromatic carbocycles. The molecule has 2 rings (SSSR count). The SMILES string of the molecule is NCC(=O)NC(Cc1c[nH]c2ccccc12)C(=O)NCC(N)=O. The maximum atomic E-state index is 12.2. The van der Waals surface area contributed by atoms with Crippen LogP contribution in [-0.2, 0) is 20.8 Å². The van der Waals surface area contributed by atoms with Crippen LogP contribution < -0.4 is 22.1 Å². The first kappa shape index (κ1) is 16.5. The molecule has 3 amide bonds. The van der Waals surface area contributed by atoms with E-state index in [1.807, 2.05) is 24.3 Å². The van der Waals surface area contributed by atoms with Crippen molar-refractivity contribution >= 4 is 28.6 Å². The minimum Gasteiger partial charge on any atom is -0.368 e. The third-order valence-electron chi connectivity index (χ3n) is 3.37. The van der Waals surface area contributed by atoms with Gasteiger partial charge < -0.3 is 27.1 Å². The van der Waals surface area contributed by atoms with Crippen molar-refractivity contribution in [2.75, 3.05) is 13.1 Å². The van der Waals surface area contributed by atoms with E-state index < -0.39 is 23.8 Å². The van der Waals surface area contributed by atoms with Crippen LogP contribution in [0.25, 0.3) is 10.9 Å². The summed E-state index contributed by atoms with van der Waals surface area (Å²) in [6.45, 7) is -0.519. The van der Waals surface area contributed by atoms with Gasteiger partial charge in [-0.3, -0.25) is 14.4 Å². The highest BCUT2D eigenvalue weighted by Gasteiger charge is 2.22. The maximum absolute atomic E-state index is 12.2. The second kappa shape index (κ2) is 7.41. The fourth-order valence-electron chi connectivity index (χ4n) is 2.28. The molecule has 0 spiro atoms. The lowest BCUT2D eigenvalue weighted by Gasteiger charge is -2.17. The van der Waals surface area contributed by atoms with Gasteiger partial charge in [-0.15, -0.1) is 0 Å². The quantitative estimate of drug-likeness (QED) is 0.435. The monoisotopic (exact) mass is 317 g/mol. The van der Waals surface area contributed by atoms with E-state index in [9.17, 15) is 14.4 Å². The van der Waals surface area contributed by atoms with Gasteiger partial charge in [0.1, 0.15) is 6.04 Å². The second-order valence-corrected chi connectivity index (χ2v) is 5.07. The van der Waals surface area contributed by atoms with Crippen LogP contribution in [0.15, 0.2) is 30.5 Å². The molecule has 0 saturated carbocycles. The Balaban J connectivity index is 2.17. The molecule has 0 aliphatic rings. The van der Waals surface area contributed by atoms with Crippen LogP contribution in [-0.4, -0.2) is 41.8 Å². The van der Waals surface area contributed by atoms with Crippen LogP contribution in [0.3, 0.4) is 0 Å². The fraction of sp³-hybridized carbons (Fsp3) is 0.267. The van der Waals surface area contributed by atoms with Gasteiger partial charge in [-0.2, -0.15) is 0 Å². The van der Waals surface area contributed by atoms with E-state index in [1.165, 1.54) is 0 Å². The Kier molecular flexibility index (Phi) is 5.32. The number of amides is 3. The molecule has 1 heterocycles. The van der Waals surface area contributed by atoms with Gasteiger partial charge in [-0.25, -0.2) is 0 Å². The number of carbonyl (C=O) groups excluding carboxylic acids is 3. The van der Waals surface area contributed by atoms with Crippen LogP contribution in [0.4, 0.5) is 0 Å². The van der Waals surface area contributed by atoms with Gasteiger partial charge in [0.15, 0.2) is 0 Å². The number of hydrogen-bond donors (Lipinski definition) is 5. The molecule has 0 bridgehead atoms. The molecule has 8 heteroatoms. The highest BCUT2D eigenvalue weighted by molar-refractivity contribution is 5.91. The number of hydrogen-bond acceptors (Lipinski definition) is 4. The number of aromatic amines is 1. The first-order valence-corrected chi connectivity index (χ1v) is 7.11. The van der Waals surface area contributed by atoms with Crippen LogP contribution in [0.2, 0.25) is 0 Å². The Bertz CT molecular complexity index is 725. The standard InChI is InChI=1S/C15H19N5O3/c16-6-14(22)20-12(15(23)19-8-13(17)21)5-9-7-18-11-4-2-1-3-10(9)11/h1-4,7,12,18H,5-6,8,16H2,(H2,17,21)(H,19,23)(H,20,22). The highest BCUT2D eigenvalue weighted by atomic mass is 16.2. The number of rotatable bonds is 7. The molecule has 1 aromatic heterocycles. The Hall–Kier alpha value is -2.87. The molecule has 1 unspecified atom stereocenters. The number of fused-ring (bicyclic) bond motifs is 1. The van der Waals surface area contributed by atoms with Crippen LogP contribution in [0, 0.1) is 0 Å². The molecular formula is C15H19N5O3. The van der Waals surface area contributed by atoms with Crippen molar-refractivity contribution in [2.24, 2.45) is 11.5 Å². The van der Waals surface area contributed by atoms with Crippen molar-refractivity contribution in [3.8, 4) is 0 Å². The maximum Gasteiger partial charge on any atom is 0.243 e. The minimum atomic E-state index is -0.843. The zero-order valence-electron chi connectivity index (χ0n) is 12.5. The topological polar surface area (TPSA) is 143 Å². The number of primary amides is 1. The summed E-state index contributed by atoms with van der Waals surface area (Å²) in [6.07, 6.45) is 2.05. The van der Waals surface area contributed by atoms with Crippen molar-refractivity contribution in [1.29, 1.82) is 0 Å². The number of carbonyl (C=O) groups is 3. The number of benzene rings is 1. The van der Waals surface area contributed by atoms with Gasteiger partial charge in [0.25, 0.3) is 0 Å². The average molecular weight is 317 g/mol. The van der Waals surface area contributed by atoms with Crippen molar-refractivity contribution in [1.82, 2.24) is 15.6 Å². The van der Waals surface area contributed by atoms with Crippen LogP contribution in [0.5, 0.6) is 0 Å². The van der Waals surface area contributed by atoms with E-state index in [4.69, 9.17) is 11.5 Å². The number of nitrogens with one attached hydrogen (secondary N) is 3. The minimum absolute atomic E-state index is 0.229. The van der Waals surface area contributed by atoms with Gasteiger partial charge in [-0.05, 0) is 11.6 Å². The van der Waals surface area contributed by atoms with Crippen LogP contribution in [0.1, 0.15) is 5.56 Å². The number of nitrogens with two attached hydrogens (primary N) is 2. The summed E-state index contributed by atoms with van der Waals surface area (Å²) in [4.78, 5) is 37.6. The predicted octanol–water partition coefficient (Wildman–Crippen LogP) is -1.24. The van der Waals surface area contributed by atoms with Gasteiger partial charge in [0, 0.05) is 23.5 Å². The summed E-state index contributed by atoms with van der Waals surface area (Å²) in [5, 5.41) is 5.90. The van der Waals surface area contributed by atoms with E-state index in [1.54, 1.807) is 6.20 Å². The molecule has 23 heavy (non-hydrogen) atoms. The zero-order valence-corrected chi connectivity index (χ0v) is 12.5. The van der Waals surface area contributed by atoms with Gasteiger partial charge in [0.05, 0.1) is 13.1 Å². The summed E-state index contributed by atoms with van der Waals surface area (Å²) >= 11 is 0. The van der Waals surface area contributed by atoms with E-state index in [0.717, 1.165) is 16.5 Å². The summed E-state index contributed by atoms with van der Waals surface area (Å²) in [6, 6.07) is 6.78. The zero-order chi connectivity index (χ0) is 16.8. The number of aromatic nitrogens is 1. The molecule has 122 valence electrons. The first-order chi connectivity index (χ1) is 11.0. The lowest BCUT2D eigenvalue weighted by Crippen LogP contribution is -2.50. The molecule has 8 nitrogen and oxygen atoms in total. The molecule has 0 saturated heterocycles. The second-order valence-electron chi connectivity index (χ2n) is 5.07. The Morgan fingerprint density at radius 2 is 1.96 bits per heavy atom. The predicted molar refractivity (Wildman–Crippen MR) is 85.2 cm³/mol. The van der Waals surface area contributed by atoms with E-state index in [2.05, 4.69) is 15.6 Å². The normalized spacial score (nSPS) is 11.9. The molecule has 0 aliphatic carbocycles. The van der Waals surface area contributed by atoms with Gasteiger partial charge >= 0.3 is 0 Å². The summed E-state index contributed by atoms with van der Waals surface area (Å²) < 4.78 is 0. The Morgan fingerprint density at radius 3 is 2.65 bits per heavy atom. The third kappa shape index (κ3) is 4.30.